The maximum Gasteiger partial charge on any atom is 0.225 e. The predicted molar refractivity (Wildman–Crippen MR) is 135 cm³/mol. The van der Waals surface area contributed by atoms with Crippen molar-refractivity contribution in [2.75, 3.05) is 13.7 Å². The number of methoxy groups -OCH3 is 1. The number of halogens is 2. The van der Waals surface area contributed by atoms with E-state index < -0.39 is 5.82 Å². The highest BCUT2D eigenvalue weighted by Crippen LogP contribution is 2.32. The highest BCUT2D eigenvalue weighted by Gasteiger charge is 2.13. The Morgan fingerprint density at radius 1 is 0.886 bits per heavy atom. The first-order chi connectivity index (χ1) is 17.1. The van der Waals surface area contributed by atoms with Crippen LogP contribution in [0, 0.1) is 5.82 Å². The van der Waals surface area contributed by atoms with E-state index in [0.717, 1.165) is 38.9 Å². The summed E-state index contributed by atoms with van der Waals surface area (Å²) < 4.78 is 25.0. The van der Waals surface area contributed by atoms with E-state index in [9.17, 15) is 4.39 Å². The molecule has 0 amide bonds. The van der Waals surface area contributed by atoms with Crippen LogP contribution in [0.15, 0.2) is 85.2 Å². The predicted octanol–water partition coefficient (Wildman–Crippen LogP) is 6.78. The van der Waals surface area contributed by atoms with Crippen molar-refractivity contribution in [1.82, 2.24) is 15.0 Å². The van der Waals surface area contributed by atoms with Gasteiger partial charge < -0.3 is 9.47 Å². The summed E-state index contributed by atoms with van der Waals surface area (Å²) in [4.78, 5) is 13.6. The lowest BCUT2D eigenvalue weighted by Crippen LogP contribution is -2.05. The molecule has 0 bridgehead atoms. The molecule has 5 rings (SSSR count). The molecule has 0 radical (unpaired) electrons. The van der Waals surface area contributed by atoms with Gasteiger partial charge >= 0.3 is 0 Å². The van der Waals surface area contributed by atoms with Gasteiger partial charge in [0, 0.05) is 24.4 Å². The summed E-state index contributed by atoms with van der Waals surface area (Å²) in [5.74, 6) is 1.33. The number of nitrogens with zero attached hydrogens (tertiary/aromatic N) is 3. The zero-order valence-corrected chi connectivity index (χ0v) is 19.7. The van der Waals surface area contributed by atoms with Crippen LogP contribution < -0.4 is 9.47 Å². The number of ether oxygens (including phenoxy) is 2. The van der Waals surface area contributed by atoms with Gasteiger partial charge in [-0.1, -0.05) is 35.9 Å². The number of aromatic nitrogens is 3. The Labute approximate surface area is 207 Å². The molecule has 0 spiro atoms. The molecule has 5 aromatic rings. The molecule has 0 unspecified atom stereocenters. The molecule has 0 saturated carbocycles. The summed E-state index contributed by atoms with van der Waals surface area (Å²) in [6.07, 6.45) is 3.97. The molecular weight excluding hydrogens is 465 g/mol. The monoisotopic (exact) mass is 485 g/mol. The van der Waals surface area contributed by atoms with Crippen LogP contribution in [0.3, 0.4) is 0 Å². The molecule has 2 aromatic heterocycles. The number of pyridine rings is 1. The van der Waals surface area contributed by atoms with Gasteiger partial charge in [-0.3, -0.25) is 4.98 Å². The van der Waals surface area contributed by atoms with Gasteiger partial charge in [-0.15, -0.1) is 0 Å². The van der Waals surface area contributed by atoms with E-state index >= 15 is 0 Å². The van der Waals surface area contributed by atoms with Gasteiger partial charge in [0.15, 0.2) is 5.82 Å². The third-order valence-corrected chi connectivity index (χ3v) is 5.89. The van der Waals surface area contributed by atoms with Crippen molar-refractivity contribution in [2.45, 2.75) is 6.42 Å². The van der Waals surface area contributed by atoms with Gasteiger partial charge in [-0.2, -0.15) is 4.98 Å². The van der Waals surface area contributed by atoms with Crippen LogP contribution >= 0.6 is 11.6 Å². The minimum atomic E-state index is -0.440. The normalized spacial score (nSPS) is 10.9. The minimum absolute atomic E-state index is 0.0942. The van der Waals surface area contributed by atoms with Crippen LogP contribution in [-0.2, 0) is 6.42 Å². The van der Waals surface area contributed by atoms with Gasteiger partial charge in [0.1, 0.15) is 11.6 Å². The molecule has 0 aliphatic carbocycles. The van der Waals surface area contributed by atoms with E-state index in [0.29, 0.717) is 24.7 Å². The number of benzene rings is 3. The Morgan fingerprint density at radius 2 is 1.74 bits per heavy atom. The lowest BCUT2D eigenvalue weighted by molar-refractivity contribution is 0.313. The number of rotatable bonds is 7. The van der Waals surface area contributed by atoms with Crippen LogP contribution in [0.5, 0.6) is 11.6 Å². The SMILES string of the molecule is COc1cccc(-c2ccc3nc(-c4cccnc4)nc(OCCc4ccc(F)c(Cl)c4)c3c2)c1. The standard InChI is InChI=1S/C28H21ClFN3O2/c1-34-22-6-2-4-19(15-22)20-8-10-26-23(16-20)28(33-27(32-26)21-5-3-12-31-17-21)35-13-11-18-7-9-25(30)24(29)14-18/h2-10,12,14-17H,11,13H2,1H3. The van der Waals surface area contributed by atoms with Crippen LogP contribution in [0.25, 0.3) is 33.4 Å². The van der Waals surface area contributed by atoms with E-state index in [4.69, 9.17) is 31.0 Å². The first-order valence-corrected chi connectivity index (χ1v) is 11.4. The molecular formula is C28H21ClFN3O2. The van der Waals surface area contributed by atoms with Crippen molar-refractivity contribution >= 4 is 22.5 Å². The summed E-state index contributed by atoms with van der Waals surface area (Å²) in [7, 11) is 1.65. The van der Waals surface area contributed by atoms with Crippen molar-refractivity contribution in [3.63, 3.8) is 0 Å². The molecule has 0 aliphatic heterocycles. The van der Waals surface area contributed by atoms with Crippen molar-refractivity contribution in [3.05, 3.63) is 102 Å². The lowest BCUT2D eigenvalue weighted by atomic mass is 10.0. The molecule has 0 saturated heterocycles. The lowest BCUT2D eigenvalue weighted by Gasteiger charge is -2.12. The van der Waals surface area contributed by atoms with E-state index in [1.165, 1.54) is 6.07 Å². The zero-order valence-electron chi connectivity index (χ0n) is 18.9. The maximum absolute atomic E-state index is 13.5. The molecule has 0 fully saturated rings. The summed E-state index contributed by atoms with van der Waals surface area (Å²) in [6, 6.07) is 22.3. The van der Waals surface area contributed by atoms with Crippen molar-refractivity contribution in [3.8, 4) is 34.1 Å². The van der Waals surface area contributed by atoms with Gasteiger partial charge in [0.25, 0.3) is 0 Å². The van der Waals surface area contributed by atoms with Crippen LogP contribution in [0.4, 0.5) is 4.39 Å². The fourth-order valence-corrected chi connectivity index (χ4v) is 3.98. The van der Waals surface area contributed by atoms with E-state index in [1.807, 2.05) is 54.6 Å². The van der Waals surface area contributed by atoms with Gasteiger partial charge in [0.05, 0.1) is 29.6 Å². The van der Waals surface area contributed by atoms with Crippen LogP contribution in [-0.4, -0.2) is 28.7 Å². The molecule has 3 aromatic carbocycles. The first kappa shape index (κ1) is 22.7. The third-order valence-electron chi connectivity index (χ3n) is 5.60. The maximum atomic E-state index is 13.5. The fourth-order valence-electron chi connectivity index (χ4n) is 3.78. The minimum Gasteiger partial charge on any atom is -0.497 e. The Balaban J connectivity index is 1.52. The second kappa shape index (κ2) is 10.1. The topological polar surface area (TPSA) is 57.1 Å². The van der Waals surface area contributed by atoms with Crippen molar-refractivity contribution in [1.29, 1.82) is 0 Å². The highest BCUT2D eigenvalue weighted by atomic mass is 35.5. The third kappa shape index (κ3) is 5.08. The van der Waals surface area contributed by atoms with E-state index in [-0.39, 0.29) is 5.02 Å². The largest absolute Gasteiger partial charge is 0.497 e. The summed E-state index contributed by atoms with van der Waals surface area (Å²) >= 11 is 5.92. The van der Waals surface area contributed by atoms with Gasteiger partial charge in [-0.25, -0.2) is 9.37 Å². The van der Waals surface area contributed by atoms with E-state index in [2.05, 4.69) is 4.98 Å². The Morgan fingerprint density at radius 3 is 2.54 bits per heavy atom. The Hall–Kier alpha value is -4.03. The van der Waals surface area contributed by atoms with Gasteiger partial charge in [-0.05, 0) is 65.2 Å². The second-order valence-electron chi connectivity index (χ2n) is 7.90. The zero-order chi connectivity index (χ0) is 24.2. The number of hydrogen-bond acceptors (Lipinski definition) is 5. The number of hydrogen-bond donors (Lipinski definition) is 0. The first-order valence-electron chi connectivity index (χ1n) is 11.0. The summed E-state index contributed by atoms with van der Waals surface area (Å²) in [5.41, 5.74) is 4.42. The van der Waals surface area contributed by atoms with Gasteiger partial charge in [0.2, 0.25) is 5.88 Å². The molecule has 174 valence electrons. The number of fused-ring (bicyclic) bond motifs is 1. The fraction of sp³-hybridized carbons (Fsp3) is 0.107. The molecule has 0 atom stereocenters. The molecule has 35 heavy (non-hydrogen) atoms. The molecule has 5 nitrogen and oxygen atoms in total. The average molecular weight is 486 g/mol. The highest BCUT2D eigenvalue weighted by molar-refractivity contribution is 6.30. The summed E-state index contributed by atoms with van der Waals surface area (Å²) in [6.45, 7) is 0.337. The quantitative estimate of drug-likeness (QED) is 0.254. The van der Waals surface area contributed by atoms with Crippen LogP contribution in [0.2, 0.25) is 5.02 Å². The Kier molecular flexibility index (Phi) is 6.55. The van der Waals surface area contributed by atoms with Crippen molar-refractivity contribution < 1.29 is 13.9 Å². The van der Waals surface area contributed by atoms with Crippen molar-refractivity contribution in [2.24, 2.45) is 0 Å². The van der Waals surface area contributed by atoms with Crippen LogP contribution in [0.1, 0.15) is 5.56 Å². The summed E-state index contributed by atoms with van der Waals surface area (Å²) in [5, 5.41) is 0.881. The molecule has 2 heterocycles. The molecule has 0 aliphatic rings. The average Bonchev–Trinajstić information content (AvgIpc) is 2.91. The molecule has 0 N–H and O–H groups in total. The van der Waals surface area contributed by atoms with E-state index in [1.54, 1.807) is 31.6 Å². The Bertz CT molecular complexity index is 1500. The molecule has 7 heteroatoms. The second-order valence-corrected chi connectivity index (χ2v) is 8.31. The smallest absolute Gasteiger partial charge is 0.225 e.